The topological polar surface area (TPSA) is 42.0 Å². The monoisotopic (exact) mass is 252 g/mol. The van der Waals surface area contributed by atoms with Crippen LogP contribution in [0.25, 0.3) is 0 Å². The molecule has 0 aromatic carbocycles. The van der Waals surface area contributed by atoms with E-state index in [0.29, 0.717) is 5.13 Å². The van der Waals surface area contributed by atoms with Crippen molar-refractivity contribution in [2.45, 2.75) is 20.3 Å². The lowest BCUT2D eigenvalue weighted by atomic mass is 10.2. The molecule has 0 spiro atoms. The summed E-state index contributed by atoms with van der Waals surface area (Å²) in [7, 11) is 0. The number of carbonyl (C=O) groups excluding carboxylic acids is 1. The first kappa shape index (κ1) is 11.3. The number of nitrogens with one attached hydrogen (secondary N) is 1. The van der Waals surface area contributed by atoms with Gasteiger partial charge in [0.25, 0.3) is 5.91 Å². The zero-order valence-electron chi connectivity index (χ0n) is 9.11. The van der Waals surface area contributed by atoms with E-state index >= 15 is 0 Å². The molecule has 2 heterocycles. The maximum absolute atomic E-state index is 11.9. The van der Waals surface area contributed by atoms with Gasteiger partial charge in [-0.25, -0.2) is 4.98 Å². The molecule has 0 bridgehead atoms. The summed E-state index contributed by atoms with van der Waals surface area (Å²) in [5.74, 6) is -0.0669. The van der Waals surface area contributed by atoms with Gasteiger partial charge < -0.3 is 0 Å². The summed E-state index contributed by atoms with van der Waals surface area (Å²) in [6, 6.07) is 1.96. The molecule has 0 radical (unpaired) electrons. The Morgan fingerprint density at radius 1 is 1.56 bits per heavy atom. The first-order chi connectivity index (χ1) is 7.70. The van der Waals surface area contributed by atoms with Gasteiger partial charge in [-0.05, 0) is 25.0 Å². The van der Waals surface area contributed by atoms with Gasteiger partial charge in [0.15, 0.2) is 5.13 Å². The molecular formula is C11H12N2OS2. The molecule has 1 N–H and O–H groups in total. The number of hydrogen-bond acceptors (Lipinski definition) is 4. The Morgan fingerprint density at radius 2 is 2.38 bits per heavy atom. The van der Waals surface area contributed by atoms with Gasteiger partial charge in [0.05, 0.1) is 4.88 Å². The van der Waals surface area contributed by atoms with Crippen molar-refractivity contribution in [3.63, 3.8) is 0 Å². The third-order valence-corrected chi connectivity index (χ3v) is 4.06. The van der Waals surface area contributed by atoms with Crippen LogP contribution in [0.4, 0.5) is 5.13 Å². The number of aromatic nitrogens is 1. The Morgan fingerprint density at radius 3 is 2.94 bits per heavy atom. The Kier molecular flexibility index (Phi) is 3.36. The van der Waals surface area contributed by atoms with Crippen LogP contribution in [0.15, 0.2) is 17.6 Å². The van der Waals surface area contributed by atoms with E-state index in [2.05, 4.69) is 17.2 Å². The van der Waals surface area contributed by atoms with Crippen LogP contribution in [0.3, 0.4) is 0 Å². The van der Waals surface area contributed by atoms with Gasteiger partial charge in [-0.3, -0.25) is 10.1 Å². The summed E-state index contributed by atoms with van der Waals surface area (Å²) in [4.78, 5) is 17.9. The molecule has 0 atom stereocenters. The molecule has 2 aromatic rings. The number of hydrogen-bond donors (Lipinski definition) is 1. The van der Waals surface area contributed by atoms with E-state index in [4.69, 9.17) is 0 Å². The van der Waals surface area contributed by atoms with Crippen molar-refractivity contribution >= 4 is 33.7 Å². The van der Waals surface area contributed by atoms with Crippen molar-refractivity contribution in [3.05, 3.63) is 33.0 Å². The largest absolute Gasteiger partial charge is 0.297 e. The Bertz CT molecular complexity index is 488. The highest BCUT2D eigenvalue weighted by Crippen LogP contribution is 2.23. The van der Waals surface area contributed by atoms with Crippen LogP contribution in [-0.4, -0.2) is 10.9 Å². The smallest absolute Gasteiger partial charge is 0.267 e. The third kappa shape index (κ3) is 2.31. The molecule has 2 aromatic heterocycles. The predicted molar refractivity (Wildman–Crippen MR) is 68.5 cm³/mol. The minimum Gasteiger partial charge on any atom is -0.297 e. The Labute approximate surface area is 102 Å². The summed E-state index contributed by atoms with van der Waals surface area (Å²) < 4.78 is 0. The molecule has 0 saturated carbocycles. The molecule has 0 saturated heterocycles. The molecule has 5 heteroatoms. The maximum Gasteiger partial charge on any atom is 0.267 e. The van der Waals surface area contributed by atoms with Gasteiger partial charge in [0.2, 0.25) is 0 Å². The van der Waals surface area contributed by atoms with Crippen LogP contribution in [0, 0.1) is 6.92 Å². The van der Waals surface area contributed by atoms with Crippen LogP contribution in [0.5, 0.6) is 0 Å². The highest BCUT2D eigenvalue weighted by Gasteiger charge is 2.12. The van der Waals surface area contributed by atoms with Crippen molar-refractivity contribution in [2.24, 2.45) is 0 Å². The second-order valence-electron chi connectivity index (χ2n) is 3.34. The number of thiazole rings is 1. The highest BCUT2D eigenvalue weighted by atomic mass is 32.1. The molecule has 84 valence electrons. The molecule has 1 amide bonds. The van der Waals surface area contributed by atoms with E-state index in [-0.39, 0.29) is 5.91 Å². The number of anilines is 1. The first-order valence-electron chi connectivity index (χ1n) is 5.01. The van der Waals surface area contributed by atoms with Crippen LogP contribution < -0.4 is 5.32 Å². The van der Waals surface area contributed by atoms with Crippen LogP contribution in [-0.2, 0) is 6.42 Å². The van der Waals surface area contributed by atoms with E-state index in [9.17, 15) is 4.79 Å². The fraction of sp³-hybridized carbons (Fsp3) is 0.273. The molecule has 0 aliphatic heterocycles. The number of carbonyl (C=O) groups is 1. The molecule has 0 aliphatic rings. The Balaban J connectivity index is 2.15. The molecule has 16 heavy (non-hydrogen) atoms. The summed E-state index contributed by atoms with van der Waals surface area (Å²) in [6.45, 7) is 4.14. The lowest BCUT2D eigenvalue weighted by Gasteiger charge is -1.97. The quantitative estimate of drug-likeness (QED) is 0.910. The molecule has 3 nitrogen and oxygen atoms in total. The molecule has 2 rings (SSSR count). The van der Waals surface area contributed by atoms with Gasteiger partial charge in [-0.2, -0.15) is 0 Å². The fourth-order valence-electron chi connectivity index (χ4n) is 1.43. The van der Waals surface area contributed by atoms with Crippen molar-refractivity contribution in [2.75, 3.05) is 5.32 Å². The number of amides is 1. The van der Waals surface area contributed by atoms with Gasteiger partial charge in [0, 0.05) is 16.5 Å². The van der Waals surface area contributed by atoms with Crippen LogP contribution in [0.2, 0.25) is 0 Å². The summed E-state index contributed by atoms with van der Waals surface area (Å²) in [5, 5.41) is 5.27. The SMILES string of the molecule is CCc1cc(C(=O)Nc2nccs2)sc1C. The van der Waals surface area contributed by atoms with Gasteiger partial charge in [-0.15, -0.1) is 22.7 Å². The molecule has 0 unspecified atom stereocenters. The Hall–Kier alpha value is -1.20. The number of rotatable bonds is 3. The van der Waals surface area contributed by atoms with Gasteiger partial charge >= 0.3 is 0 Å². The minimum absolute atomic E-state index is 0.0669. The minimum atomic E-state index is -0.0669. The fourth-order valence-corrected chi connectivity index (χ4v) is 2.96. The number of thiophene rings is 1. The van der Waals surface area contributed by atoms with Crippen molar-refractivity contribution in [1.29, 1.82) is 0 Å². The van der Waals surface area contributed by atoms with E-state index in [1.807, 2.05) is 18.4 Å². The zero-order valence-corrected chi connectivity index (χ0v) is 10.7. The predicted octanol–water partition coefficient (Wildman–Crippen LogP) is 3.33. The average molecular weight is 252 g/mol. The maximum atomic E-state index is 11.9. The lowest BCUT2D eigenvalue weighted by molar-refractivity contribution is 0.103. The third-order valence-electron chi connectivity index (χ3n) is 2.28. The summed E-state index contributed by atoms with van der Waals surface area (Å²) in [6.07, 6.45) is 2.64. The van der Waals surface area contributed by atoms with Crippen molar-refractivity contribution < 1.29 is 4.79 Å². The molecule has 0 aliphatic carbocycles. The van der Waals surface area contributed by atoms with Crippen molar-refractivity contribution in [1.82, 2.24) is 4.98 Å². The first-order valence-corrected chi connectivity index (χ1v) is 6.70. The standard InChI is InChI=1S/C11H12N2OS2/c1-3-8-6-9(16-7(8)2)10(14)13-11-12-4-5-15-11/h4-6H,3H2,1-2H3,(H,12,13,14). The second-order valence-corrected chi connectivity index (χ2v) is 5.49. The molecule has 0 fully saturated rings. The average Bonchev–Trinajstić information content (AvgIpc) is 2.87. The van der Waals surface area contributed by atoms with Gasteiger partial charge in [0.1, 0.15) is 0 Å². The van der Waals surface area contributed by atoms with Crippen molar-refractivity contribution in [3.8, 4) is 0 Å². The number of aryl methyl sites for hydroxylation is 2. The van der Waals surface area contributed by atoms with Crippen LogP contribution >= 0.6 is 22.7 Å². The van der Waals surface area contributed by atoms with E-state index in [0.717, 1.165) is 11.3 Å². The summed E-state index contributed by atoms with van der Waals surface area (Å²) in [5.41, 5.74) is 1.24. The normalized spacial score (nSPS) is 10.4. The zero-order chi connectivity index (χ0) is 11.5. The molecular weight excluding hydrogens is 240 g/mol. The highest BCUT2D eigenvalue weighted by molar-refractivity contribution is 7.15. The van der Waals surface area contributed by atoms with Gasteiger partial charge in [-0.1, -0.05) is 6.92 Å². The van der Waals surface area contributed by atoms with Crippen LogP contribution in [0.1, 0.15) is 27.0 Å². The number of nitrogens with zero attached hydrogens (tertiary/aromatic N) is 1. The lowest BCUT2D eigenvalue weighted by Crippen LogP contribution is -2.09. The van der Waals surface area contributed by atoms with E-state index in [1.165, 1.54) is 33.1 Å². The summed E-state index contributed by atoms with van der Waals surface area (Å²) >= 11 is 2.96. The second kappa shape index (κ2) is 4.76. The van der Waals surface area contributed by atoms with E-state index < -0.39 is 0 Å². The van der Waals surface area contributed by atoms with E-state index in [1.54, 1.807) is 6.20 Å².